The third-order valence-electron chi connectivity index (χ3n) is 14.5. The highest BCUT2D eigenvalue weighted by molar-refractivity contribution is 5.55. The van der Waals surface area contributed by atoms with Crippen LogP contribution in [0, 0.1) is 33.5 Å². The lowest BCUT2D eigenvalue weighted by atomic mass is 9.67. The van der Waals surface area contributed by atoms with Gasteiger partial charge >= 0.3 is 0 Å². The van der Waals surface area contributed by atoms with E-state index in [0.717, 1.165) is 95.7 Å². The molecule has 2 heterocycles. The standard InChI is InChI=1S/C63H108O4/c1-23-27-46(52-38-66-52)29-25-31-64-54-48(60(15,16)40-56(3,4)5)34-44(35-49(54)61(17,18)41-57(6,7)8)33-45-36-50(62(19,20)42-58(9,10)11)55(51(37-45)63(21,22)43-59(12,13)14)65-32-26-30-47(28-24-2)53-39-67-53/h34-37,46-47,52-53H,23-33,38-43H2,1-22H3. The van der Waals surface area contributed by atoms with Gasteiger partial charge in [0, 0.05) is 22.3 Å². The van der Waals surface area contributed by atoms with Gasteiger partial charge in [-0.15, -0.1) is 0 Å². The molecule has 2 fully saturated rings. The Morgan fingerprint density at radius 1 is 0.433 bits per heavy atom. The van der Waals surface area contributed by atoms with Crippen molar-refractivity contribution in [1.29, 1.82) is 0 Å². The fourth-order valence-electron chi connectivity index (χ4n) is 13.3. The van der Waals surface area contributed by atoms with Gasteiger partial charge in [-0.05, 0) is 137 Å². The van der Waals surface area contributed by atoms with Crippen LogP contribution in [-0.2, 0) is 37.6 Å². The van der Waals surface area contributed by atoms with E-state index in [-0.39, 0.29) is 43.3 Å². The lowest BCUT2D eigenvalue weighted by Crippen LogP contribution is -2.30. The molecule has 0 amide bonds. The van der Waals surface area contributed by atoms with Crippen LogP contribution in [0.4, 0.5) is 0 Å². The molecule has 4 unspecified atom stereocenters. The zero-order chi connectivity index (χ0) is 50.6. The lowest BCUT2D eigenvalue weighted by Gasteiger charge is -2.39. The summed E-state index contributed by atoms with van der Waals surface area (Å²) in [5.74, 6) is 3.55. The zero-order valence-corrected chi connectivity index (χ0v) is 48.3. The second kappa shape index (κ2) is 22.2. The largest absolute Gasteiger partial charge is 0.493 e. The average molecular weight is 930 g/mol. The maximum absolute atomic E-state index is 7.27. The molecule has 67 heavy (non-hydrogen) atoms. The monoisotopic (exact) mass is 929 g/mol. The summed E-state index contributed by atoms with van der Waals surface area (Å²) in [6.07, 6.45) is 15.3. The summed E-state index contributed by atoms with van der Waals surface area (Å²) >= 11 is 0. The molecular formula is C63H108O4. The maximum Gasteiger partial charge on any atom is 0.126 e. The molecule has 2 aliphatic rings. The third kappa shape index (κ3) is 18.3. The van der Waals surface area contributed by atoms with Crippen molar-refractivity contribution < 1.29 is 18.9 Å². The minimum Gasteiger partial charge on any atom is -0.493 e. The Kier molecular flexibility index (Phi) is 19.0. The van der Waals surface area contributed by atoms with Gasteiger partial charge in [0.25, 0.3) is 0 Å². The molecule has 4 heteroatoms. The van der Waals surface area contributed by atoms with E-state index in [0.29, 0.717) is 24.0 Å². The summed E-state index contributed by atoms with van der Waals surface area (Å²) in [5.41, 5.74) is 8.39. The van der Waals surface area contributed by atoms with Gasteiger partial charge < -0.3 is 18.9 Å². The van der Waals surface area contributed by atoms with Crippen LogP contribution in [0.3, 0.4) is 0 Å². The molecule has 2 aliphatic heterocycles. The molecule has 4 rings (SSSR count). The summed E-state index contributed by atoms with van der Waals surface area (Å²) in [5, 5.41) is 0. The van der Waals surface area contributed by atoms with Crippen molar-refractivity contribution in [1.82, 2.24) is 0 Å². The molecule has 384 valence electrons. The van der Waals surface area contributed by atoms with Crippen molar-refractivity contribution in [3.05, 3.63) is 57.6 Å². The van der Waals surface area contributed by atoms with Gasteiger partial charge in [-0.25, -0.2) is 0 Å². The SMILES string of the molecule is CCCC(CCCOc1c(C(C)(C)CC(C)(C)C)cc(Cc2cc(C(C)(C)CC(C)(C)C)c(OCCCC(CCC)C3CO3)c(C(C)(C)CC(C)(C)C)c2)cc1C(C)(C)CC(C)(C)C)C1CO1. The lowest BCUT2D eigenvalue weighted by molar-refractivity contribution is 0.235. The van der Waals surface area contributed by atoms with Gasteiger partial charge in [0.15, 0.2) is 0 Å². The number of hydrogen-bond donors (Lipinski definition) is 0. The van der Waals surface area contributed by atoms with Crippen LogP contribution in [0.25, 0.3) is 0 Å². The van der Waals surface area contributed by atoms with Crippen LogP contribution in [0.1, 0.15) is 263 Å². The zero-order valence-electron chi connectivity index (χ0n) is 48.3. The van der Waals surface area contributed by atoms with E-state index in [9.17, 15) is 0 Å². The van der Waals surface area contributed by atoms with Crippen molar-refractivity contribution in [2.45, 2.75) is 270 Å². The van der Waals surface area contributed by atoms with Gasteiger partial charge in [-0.1, -0.05) is 189 Å². The molecule has 0 radical (unpaired) electrons. The van der Waals surface area contributed by atoms with Crippen LogP contribution in [0.15, 0.2) is 24.3 Å². The minimum absolute atomic E-state index is 0.109. The first-order valence-corrected chi connectivity index (χ1v) is 27.4. The van der Waals surface area contributed by atoms with E-state index in [4.69, 9.17) is 18.9 Å². The van der Waals surface area contributed by atoms with Crippen molar-refractivity contribution in [3.8, 4) is 11.5 Å². The fraction of sp³-hybridized carbons (Fsp3) is 0.810. The molecule has 2 aromatic carbocycles. The van der Waals surface area contributed by atoms with E-state index < -0.39 is 0 Å². The Morgan fingerprint density at radius 2 is 0.687 bits per heavy atom. The quantitative estimate of drug-likeness (QED) is 0.0696. The van der Waals surface area contributed by atoms with Gasteiger partial charge in [-0.3, -0.25) is 0 Å². The van der Waals surface area contributed by atoms with Gasteiger partial charge in [0.2, 0.25) is 0 Å². The van der Waals surface area contributed by atoms with Crippen LogP contribution >= 0.6 is 0 Å². The number of benzene rings is 2. The first kappa shape index (κ1) is 57.5. The topological polar surface area (TPSA) is 43.5 Å². The summed E-state index contributed by atoms with van der Waals surface area (Å²) in [6, 6.07) is 10.3. The molecule has 0 spiro atoms. The number of ether oxygens (including phenoxy) is 4. The van der Waals surface area contributed by atoms with Gasteiger partial charge in [-0.2, -0.15) is 0 Å². The molecule has 2 saturated heterocycles. The number of rotatable bonds is 26. The van der Waals surface area contributed by atoms with Crippen molar-refractivity contribution >= 4 is 0 Å². The summed E-state index contributed by atoms with van der Waals surface area (Å²) in [4.78, 5) is 0. The molecule has 2 aromatic rings. The van der Waals surface area contributed by atoms with Crippen LogP contribution in [0.2, 0.25) is 0 Å². The highest BCUT2D eigenvalue weighted by Crippen LogP contribution is 2.51. The molecule has 0 aliphatic carbocycles. The number of epoxide rings is 2. The molecule has 0 bridgehead atoms. The van der Waals surface area contributed by atoms with E-state index >= 15 is 0 Å². The average Bonchev–Trinajstić information content (AvgIpc) is 4.05. The molecular weight excluding hydrogens is 821 g/mol. The molecule has 0 N–H and O–H groups in total. The summed E-state index contributed by atoms with van der Waals surface area (Å²) in [6.45, 7) is 56.5. The van der Waals surface area contributed by atoms with Crippen LogP contribution in [0.5, 0.6) is 11.5 Å². The van der Waals surface area contributed by atoms with E-state index in [1.165, 1.54) is 59.1 Å². The first-order valence-electron chi connectivity index (χ1n) is 27.4. The van der Waals surface area contributed by atoms with E-state index in [1.807, 2.05) is 0 Å². The Labute approximate surface area is 416 Å². The highest BCUT2D eigenvalue weighted by Gasteiger charge is 2.40. The van der Waals surface area contributed by atoms with Crippen LogP contribution in [-0.4, -0.2) is 38.6 Å². The Bertz CT molecular complexity index is 1620. The predicted octanol–water partition coefficient (Wildman–Crippen LogP) is 18.1. The minimum atomic E-state index is -0.109. The number of hydrogen-bond acceptors (Lipinski definition) is 4. The Morgan fingerprint density at radius 3 is 0.896 bits per heavy atom. The van der Waals surface area contributed by atoms with Crippen molar-refractivity contribution in [2.24, 2.45) is 33.5 Å². The normalized spacial score (nSPS) is 18.5. The Hall–Kier alpha value is -2.04. The Balaban J connectivity index is 1.95. The van der Waals surface area contributed by atoms with Crippen molar-refractivity contribution in [3.63, 3.8) is 0 Å². The summed E-state index contributed by atoms with van der Waals surface area (Å²) < 4.78 is 26.2. The fourth-order valence-corrected chi connectivity index (χ4v) is 13.3. The van der Waals surface area contributed by atoms with Gasteiger partial charge in [0.1, 0.15) is 11.5 Å². The second-order valence-corrected chi connectivity index (χ2v) is 29.5. The molecule has 4 nitrogen and oxygen atoms in total. The van der Waals surface area contributed by atoms with Crippen molar-refractivity contribution in [2.75, 3.05) is 26.4 Å². The molecule has 4 atom stereocenters. The highest BCUT2D eigenvalue weighted by atomic mass is 16.6. The molecule has 0 saturated carbocycles. The first-order chi connectivity index (χ1) is 30.6. The smallest absolute Gasteiger partial charge is 0.126 e. The van der Waals surface area contributed by atoms with E-state index in [2.05, 4.69) is 177 Å². The van der Waals surface area contributed by atoms with Gasteiger partial charge in [0.05, 0.1) is 38.6 Å². The maximum atomic E-state index is 7.27. The third-order valence-corrected chi connectivity index (χ3v) is 14.5. The van der Waals surface area contributed by atoms with E-state index in [1.54, 1.807) is 0 Å². The second-order valence-electron chi connectivity index (χ2n) is 29.5. The molecule has 0 aromatic heterocycles. The summed E-state index contributed by atoms with van der Waals surface area (Å²) in [7, 11) is 0. The predicted molar refractivity (Wildman–Crippen MR) is 290 cm³/mol. The van der Waals surface area contributed by atoms with Crippen LogP contribution < -0.4 is 9.47 Å².